The molecule has 0 saturated carbocycles. The van der Waals surface area contributed by atoms with E-state index in [2.05, 4.69) is 4.90 Å². The van der Waals surface area contributed by atoms with Gasteiger partial charge in [0.25, 0.3) is 0 Å². The number of carbonyl (C=O) groups excluding carboxylic acids is 1. The third-order valence-electron chi connectivity index (χ3n) is 4.80. The summed E-state index contributed by atoms with van der Waals surface area (Å²) in [4.78, 5) is 16.5. The SMILES string of the molecule is COc1ccc(Cl)cc1CN1CCN(C(=O)CC2C=CS(=O)(=O)C2)CC1. The summed E-state index contributed by atoms with van der Waals surface area (Å²) in [6.45, 7) is 3.53. The van der Waals surface area contributed by atoms with Crippen molar-refractivity contribution >= 4 is 27.3 Å². The van der Waals surface area contributed by atoms with Gasteiger partial charge in [-0.2, -0.15) is 0 Å². The van der Waals surface area contributed by atoms with Gasteiger partial charge in [-0.3, -0.25) is 9.69 Å². The Hall–Kier alpha value is -1.57. The van der Waals surface area contributed by atoms with Gasteiger partial charge >= 0.3 is 0 Å². The number of hydrogen-bond donors (Lipinski definition) is 0. The predicted molar refractivity (Wildman–Crippen MR) is 101 cm³/mol. The Bertz CT molecular complexity index is 801. The molecule has 1 aromatic carbocycles. The van der Waals surface area contributed by atoms with Crippen LogP contribution in [0, 0.1) is 5.92 Å². The van der Waals surface area contributed by atoms with Crippen molar-refractivity contribution in [2.75, 3.05) is 39.0 Å². The average Bonchev–Trinajstić information content (AvgIpc) is 2.94. The second-order valence-corrected chi connectivity index (χ2v) is 9.10. The summed E-state index contributed by atoms with van der Waals surface area (Å²) in [6.07, 6.45) is 1.90. The van der Waals surface area contributed by atoms with Gasteiger partial charge in [0.15, 0.2) is 9.84 Å². The monoisotopic (exact) mass is 398 g/mol. The van der Waals surface area contributed by atoms with Crippen molar-refractivity contribution in [3.63, 3.8) is 0 Å². The third kappa shape index (κ3) is 4.78. The van der Waals surface area contributed by atoms with Crippen LogP contribution in [0.3, 0.4) is 0 Å². The van der Waals surface area contributed by atoms with E-state index in [0.717, 1.165) is 30.9 Å². The zero-order chi connectivity index (χ0) is 18.7. The molecule has 26 heavy (non-hydrogen) atoms. The minimum atomic E-state index is -3.11. The van der Waals surface area contributed by atoms with E-state index < -0.39 is 9.84 Å². The van der Waals surface area contributed by atoms with Gasteiger partial charge < -0.3 is 9.64 Å². The maximum Gasteiger partial charge on any atom is 0.223 e. The van der Waals surface area contributed by atoms with Crippen LogP contribution in [-0.4, -0.2) is 63.2 Å². The summed E-state index contributed by atoms with van der Waals surface area (Å²) in [7, 11) is -1.47. The number of allylic oxidation sites excluding steroid dienone is 1. The second kappa shape index (κ2) is 7.98. The first-order valence-corrected chi connectivity index (χ1v) is 10.7. The molecular formula is C18H23ClN2O4S. The highest BCUT2D eigenvalue weighted by atomic mass is 35.5. The Morgan fingerprint density at radius 1 is 1.27 bits per heavy atom. The Kier molecular flexibility index (Phi) is 5.89. The van der Waals surface area contributed by atoms with Gasteiger partial charge in [-0.15, -0.1) is 0 Å². The van der Waals surface area contributed by atoms with Crippen LogP contribution in [0.2, 0.25) is 5.02 Å². The van der Waals surface area contributed by atoms with E-state index in [0.29, 0.717) is 18.1 Å². The van der Waals surface area contributed by atoms with Crippen molar-refractivity contribution in [3.05, 3.63) is 40.3 Å². The third-order valence-corrected chi connectivity index (χ3v) is 6.50. The number of nitrogens with zero attached hydrogens (tertiary/aromatic N) is 2. The van der Waals surface area contributed by atoms with E-state index in [1.807, 2.05) is 17.0 Å². The first-order valence-electron chi connectivity index (χ1n) is 8.60. The topological polar surface area (TPSA) is 66.9 Å². The number of piperazine rings is 1. The normalized spacial score (nSPS) is 22.5. The largest absolute Gasteiger partial charge is 0.496 e. The molecule has 1 unspecified atom stereocenters. The Morgan fingerprint density at radius 2 is 2.00 bits per heavy atom. The fraction of sp³-hybridized carbons (Fsp3) is 0.500. The molecule has 0 N–H and O–H groups in total. The fourth-order valence-electron chi connectivity index (χ4n) is 3.39. The number of halogens is 1. The van der Waals surface area contributed by atoms with E-state index in [1.54, 1.807) is 19.3 Å². The van der Waals surface area contributed by atoms with E-state index in [9.17, 15) is 13.2 Å². The summed E-state index contributed by atoms with van der Waals surface area (Å²) in [5.41, 5.74) is 1.03. The molecule has 2 heterocycles. The quantitative estimate of drug-likeness (QED) is 0.758. The Morgan fingerprint density at radius 3 is 2.62 bits per heavy atom. The van der Waals surface area contributed by atoms with E-state index in [4.69, 9.17) is 16.3 Å². The van der Waals surface area contributed by atoms with Crippen molar-refractivity contribution < 1.29 is 17.9 Å². The summed E-state index contributed by atoms with van der Waals surface area (Å²) >= 11 is 6.08. The number of benzene rings is 1. The standard InChI is InChI=1S/C18H23ClN2O4S/c1-25-17-3-2-16(19)11-15(17)12-20-5-7-21(8-6-20)18(22)10-14-4-9-26(23,24)13-14/h2-4,9,11,14H,5-8,10,12-13H2,1H3. The zero-order valence-electron chi connectivity index (χ0n) is 14.7. The van der Waals surface area contributed by atoms with Crippen molar-refractivity contribution in [2.45, 2.75) is 13.0 Å². The Balaban J connectivity index is 1.51. The number of hydrogen-bond acceptors (Lipinski definition) is 5. The first kappa shape index (κ1) is 19.2. The van der Waals surface area contributed by atoms with Crippen molar-refractivity contribution in [2.24, 2.45) is 5.92 Å². The summed E-state index contributed by atoms with van der Waals surface area (Å²) in [5.74, 6) is 0.688. The van der Waals surface area contributed by atoms with Crippen LogP contribution in [0.1, 0.15) is 12.0 Å². The highest BCUT2D eigenvalue weighted by Crippen LogP contribution is 2.25. The van der Waals surface area contributed by atoms with E-state index in [-0.39, 0.29) is 24.0 Å². The molecule has 1 fully saturated rings. The Labute approximate surface area is 159 Å². The van der Waals surface area contributed by atoms with Gasteiger partial charge in [0.1, 0.15) is 5.75 Å². The number of sulfone groups is 1. The maximum atomic E-state index is 12.4. The molecular weight excluding hydrogens is 376 g/mol. The number of rotatable bonds is 5. The molecule has 142 valence electrons. The van der Waals surface area contributed by atoms with Gasteiger partial charge in [-0.25, -0.2) is 8.42 Å². The highest BCUT2D eigenvalue weighted by molar-refractivity contribution is 7.94. The number of ether oxygens (including phenoxy) is 1. The van der Waals surface area contributed by atoms with E-state index in [1.165, 1.54) is 5.41 Å². The molecule has 0 aromatic heterocycles. The van der Waals surface area contributed by atoms with Crippen molar-refractivity contribution in [3.8, 4) is 5.75 Å². The zero-order valence-corrected chi connectivity index (χ0v) is 16.3. The fourth-order valence-corrected chi connectivity index (χ4v) is 4.98. The van der Waals surface area contributed by atoms with Crippen LogP contribution in [0.25, 0.3) is 0 Å². The van der Waals surface area contributed by atoms with Crippen LogP contribution >= 0.6 is 11.6 Å². The lowest BCUT2D eigenvalue weighted by Crippen LogP contribution is -2.48. The molecule has 1 saturated heterocycles. The molecule has 8 heteroatoms. The lowest BCUT2D eigenvalue weighted by Gasteiger charge is -2.35. The van der Waals surface area contributed by atoms with Gasteiger partial charge in [0.05, 0.1) is 12.9 Å². The molecule has 1 amide bonds. The molecule has 2 aliphatic heterocycles. The number of amides is 1. The molecule has 0 radical (unpaired) electrons. The molecule has 0 aliphatic carbocycles. The second-order valence-electron chi connectivity index (χ2n) is 6.74. The minimum absolute atomic E-state index is 0.0248. The molecule has 1 atom stereocenters. The van der Waals surface area contributed by atoms with Crippen LogP contribution < -0.4 is 4.74 Å². The van der Waals surface area contributed by atoms with Crippen LogP contribution in [0.15, 0.2) is 29.7 Å². The summed E-state index contributed by atoms with van der Waals surface area (Å²) in [5, 5.41) is 1.90. The molecule has 0 bridgehead atoms. The number of carbonyl (C=O) groups is 1. The average molecular weight is 399 g/mol. The molecule has 0 spiro atoms. The minimum Gasteiger partial charge on any atom is -0.496 e. The first-order chi connectivity index (χ1) is 12.4. The van der Waals surface area contributed by atoms with Crippen LogP contribution in [0.4, 0.5) is 0 Å². The lowest BCUT2D eigenvalue weighted by molar-refractivity contribution is -0.133. The van der Waals surface area contributed by atoms with Gasteiger partial charge in [0, 0.05) is 61.1 Å². The lowest BCUT2D eigenvalue weighted by atomic mass is 10.1. The molecule has 6 nitrogen and oxygen atoms in total. The van der Waals surface area contributed by atoms with Crippen molar-refractivity contribution in [1.82, 2.24) is 9.80 Å². The molecule has 1 aromatic rings. The number of methoxy groups -OCH3 is 1. The smallest absolute Gasteiger partial charge is 0.223 e. The van der Waals surface area contributed by atoms with E-state index >= 15 is 0 Å². The highest BCUT2D eigenvalue weighted by Gasteiger charge is 2.27. The predicted octanol–water partition coefficient (Wildman–Crippen LogP) is 1.94. The van der Waals surface area contributed by atoms with Gasteiger partial charge in [-0.05, 0) is 18.2 Å². The van der Waals surface area contributed by atoms with Gasteiger partial charge in [-0.1, -0.05) is 17.7 Å². The van der Waals surface area contributed by atoms with Gasteiger partial charge in [0.2, 0.25) is 5.91 Å². The molecule has 2 aliphatic rings. The maximum absolute atomic E-state index is 12.4. The van der Waals surface area contributed by atoms with Crippen LogP contribution in [-0.2, 0) is 21.2 Å². The van der Waals surface area contributed by atoms with Crippen LogP contribution in [0.5, 0.6) is 5.75 Å². The summed E-state index contributed by atoms with van der Waals surface area (Å²) < 4.78 is 28.3. The van der Waals surface area contributed by atoms with Crippen molar-refractivity contribution in [1.29, 1.82) is 0 Å². The summed E-state index contributed by atoms with van der Waals surface area (Å²) in [6, 6.07) is 5.57. The molecule has 3 rings (SSSR count).